The lowest BCUT2D eigenvalue weighted by Crippen LogP contribution is -2.17. The quantitative estimate of drug-likeness (QED) is 0.150. The van der Waals surface area contributed by atoms with Crippen molar-refractivity contribution in [3.05, 3.63) is 238 Å². The first-order valence-electron chi connectivity index (χ1n) is 24.9. The SMILES string of the molecule is CCCc1c(-c2ccc3c(c2)C(C)(C)C2=CC(C)=CCC23)cccc1-c1ccccc1C.CCCc1cccc2ccccc12.Cc1ccc2c(c1)C(C)(C)c1cc(-c3ccccc3)ccc1-2. The van der Waals surface area contributed by atoms with Gasteiger partial charge in [-0.3, -0.25) is 0 Å². The average Bonchev–Trinajstić information content (AvgIpc) is 3.70. The molecule has 0 aromatic heterocycles. The van der Waals surface area contributed by atoms with Crippen LogP contribution in [0.2, 0.25) is 0 Å². The molecule has 0 radical (unpaired) electrons. The molecule has 1 atom stereocenters. The molecule has 0 heterocycles. The summed E-state index contributed by atoms with van der Waals surface area (Å²) in [7, 11) is 0. The van der Waals surface area contributed by atoms with Crippen LogP contribution in [-0.2, 0) is 23.7 Å². The fourth-order valence-corrected chi connectivity index (χ4v) is 11.4. The molecule has 0 saturated carbocycles. The molecule has 3 aliphatic carbocycles. The zero-order valence-electron chi connectivity index (χ0n) is 41.4. The predicted octanol–water partition coefficient (Wildman–Crippen LogP) is 18.7. The van der Waals surface area contributed by atoms with Crippen molar-refractivity contribution >= 4 is 10.8 Å². The van der Waals surface area contributed by atoms with Gasteiger partial charge in [0.25, 0.3) is 0 Å². The van der Waals surface area contributed by atoms with Gasteiger partial charge in [0.2, 0.25) is 0 Å². The highest BCUT2D eigenvalue weighted by Crippen LogP contribution is 2.54. The zero-order valence-corrected chi connectivity index (χ0v) is 41.4. The second kappa shape index (κ2) is 19.0. The number of allylic oxidation sites excluding steroid dienone is 4. The summed E-state index contributed by atoms with van der Waals surface area (Å²) in [6.07, 6.45) is 10.6. The lowest BCUT2D eigenvalue weighted by atomic mass is 9.77. The van der Waals surface area contributed by atoms with Crippen LogP contribution in [0, 0.1) is 13.8 Å². The normalized spacial score (nSPS) is 15.7. The lowest BCUT2D eigenvalue weighted by Gasteiger charge is -2.26. The molecule has 8 aromatic carbocycles. The first-order valence-corrected chi connectivity index (χ1v) is 24.9. The van der Waals surface area contributed by atoms with E-state index in [1.165, 1.54) is 118 Å². The van der Waals surface area contributed by atoms with Gasteiger partial charge in [-0.05, 0) is 146 Å². The summed E-state index contributed by atoms with van der Waals surface area (Å²) < 4.78 is 0. The second-order valence-electron chi connectivity index (χ2n) is 20.3. The Morgan fingerprint density at radius 3 is 1.88 bits per heavy atom. The third kappa shape index (κ3) is 8.80. The average molecular weight is 873 g/mol. The summed E-state index contributed by atoms with van der Waals surface area (Å²) in [5.74, 6) is 0.547. The van der Waals surface area contributed by atoms with Gasteiger partial charge in [-0.15, -0.1) is 0 Å². The Balaban J connectivity index is 0.000000138. The van der Waals surface area contributed by atoms with E-state index in [0.717, 1.165) is 19.3 Å². The van der Waals surface area contributed by atoms with Gasteiger partial charge >= 0.3 is 0 Å². The van der Waals surface area contributed by atoms with E-state index in [-0.39, 0.29) is 10.8 Å². The summed E-state index contributed by atoms with van der Waals surface area (Å²) in [6.45, 7) is 20.7. The molecule has 67 heavy (non-hydrogen) atoms. The van der Waals surface area contributed by atoms with E-state index in [1.807, 2.05) is 0 Å². The van der Waals surface area contributed by atoms with Crippen molar-refractivity contribution in [2.75, 3.05) is 0 Å². The van der Waals surface area contributed by atoms with Gasteiger partial charge in [-0.25, -0.2) is 0 Å². The summed E-state index contributed by atoms with van der Waals surface area (Å²) in [6, 6.07) is 62.5. The number of fused-ring (bicyclic) bond motifs is 7. The van der Waals surface area contributed by atoms with Gasteiger partial charge in [0.05, 0.1) is 0 Å². The van der Waals surface area contributed by atoms with Crippen LogP contribution in [0.3, 0.4) is 0 Å². The summed E-state index contributed by atoms with van der Waals surface area (Å²) >= 11 is 0. The van der Waals surface area contributed by atoms with Gasteiger partial charge in [-0.1, -0.05) is 241 Å². The van der Waals surface area contributed by atoms with Crippen molar-refractivity contribution in [1.82, 2.24) is 0 Å². The van der Waals surface area contributed by atoms with Crippen LogP contribution in [-0.4, -0.2) is 0 Å². The Hall–Kier alpha value is -6.50. The molecule has 0 fully saturated rings. The smallest absolute Gasteiger partial charge is 0.0159 e. The van der Waals surface area contributed by atoms with E-state index in [1.54, 1.807) is 5.57 Å². The molecule has 0 spiro atoms. The molecular formula is C67H68. The number of hydrogen-bond acceptors (Lipinski definition) is 0. The van der Waals surface area contributed by atoms with Crippen LogP contribution >= 0.6 is 0 Å². The molecule has 0 amide bonds. The molecule has 0 nitrogen and oxygen atoms in total. The molecular weight excluding hydrogens is 805 g/mol. The maximum Gasteiger partial charge on any atom is 0.0159 e. The minimum atomic E-state index is 0.0709. The highest BCUT2D eigenvalue weighted by Gasteiger charge is 2.42. The fraction of sp³-hybridized carbons (Fsp3) is 0.254. The third-order valence-corrected chi connectivity index (χ3v) is 15.0. The maximum atomic E-state index is 2.50. The molecule has 0 heteroatoms. The van der Waals surface area contributed by atoms with Gasteiger partial charge in [-0.2, -0.15) is 0 Å². The molecule has 1 unspecified atom stereocenters. The monoisotopic (exact) mass is 873 g/mol. The summed E-state index contributed by atoms with van der Waals surface area (Å²) in [5, 5.41) is 2.76. The number of rotatable bonds is 7. The van der Waals surface area contributed by atoms with Crippen LogP contribution in [0.5, 0.6) is 0 Å². The molecule has 0 aliphatic heterocycles. The van der Waals surface area contributed by atoms with Gasteiger partial charge in [0, 0.05) is 16.7 Å². The van der Waals surface area contributed by atoms with Crippen molar-refractivity contribution in [2.45, 2.75) is 111 Å². The molecule has 336 valence electrons. The molecule has 11 rings (SSSR count). The molecule has 0 N–H and O–H groups in total. The second-order valence-corrected chi connectivity index (χ2v) is 20.3. The van der Waals surface area contributed by atoms with E-state index < -0.39 is 0 Å². The Kier molecular flexibility index (Phi) is 13.0. The molecule has 3 aliphatic rings. The number of aryl methyl sites for hydroxylation is 3. The Bertz CT molecular complexity index is 3140. The van der Waals surface area contributed by atoms with E-state index in [0.29, 0.717) is 5.92 Å². The van der Waals surface area contributed by atoms with E-state index in [4.69, 9.17) is 0 Å². The zero-order chi connectivity index (χ0) is 46.9. The maximum absolute atomic E-state index is 2.50. The van der Waals surface area contributed by atoms with Crippen LogP contribution < -0.4 is 0 Å². The molecule has 8 aromatic rings. The molecule has 0 saturated heterocycles. The third-order valence-electron chi connectivity index (χ3n) is 15.0. The minimum Gasteiger partial charge on any atom is -0.0807 e. The summed E-state index contributed by atoms with van der Waals surface area (Å²) in [5.41, 5.74) is 25.6. The van der Waals surface area contributed by atoms with Crippen LogP contribution in [0.1, 0.15) is 118 Å². The lowest BCUT2D eigenvalue weighted by molar-refractivity contribution is 0.610. The van der Waals surface area contributed by atoms with Crippen LogP contribution in [0.25, 0.3) is 55.3 Å². The van der Waals surface area contributed by atoms with Gasteiger partial charge in [0.1, 0.15) is 0 Å². The first-order chi connectivity index (χ1) is 32.4. The Morgan fingerprint density at radius 1 is 0.478 bits per heavy atom. The number of benzene rings is 8. The van der Waals surface area contributed by atoms with Crippen molar-refractivity contribution < 1.29 is 0 Å². The van der Waals surface area contributed by atoms with Gasteiger partial charge in [0.15, 0.2) is 0 Å². The van der Waals surface area contributed by atoms with Crippen molar-refractivity contribution in [1.29, 1.82) is 0 Å². The number of hydrogen-bond donors (Lipinski definition) is 0. The Morgan fingerprint density at radius 2 is 1.10 bits per heavy atom. The topological polar surface area (TPSA) is 0 Å². The molecule has 0 bridgehead atoms. The van der Waals surface area contributed by atoms with Crippen molar-refractivity contribution in [3.8, 4) is 44.5 Å². The standard InChI is InChI=1S/C32H34.C22H20.C13H14/c1-6-10-26-25(13-9-14-27(26)24-12-8-7-11-22(24)3)23-16-18-29-28-17-15-21(2)19-30(28)32(4,5)31(29)20-23;1-15-9-11-18-19-12-10-17(16-7-5-4-6-8-16)14-21(19)22(2,3)20(18)13-15;1-2-6-11-8-5-9-12-7-3-4-10-13(11)12/h7-9,11-16,18-20,28H,6,10,17H2,1-5H3;4-14H,1-3H3;3-5,7-10H,2,6H2,1H3. The minimum absolute atomic E-state index is 0.0709. The summed E-state index contributed by atoms with van der Waals surface area (Å²) in [4.78, 5) is 0. The van der Waals surface area contributed by atoms with E-state index in [9.17, 15) is 0 Å². The van der Waals surface area contributed by atoms with Gasteiger partial charge < -0.3 is 0 Å². The highest BCUT2D eigenvalue weighted by atomic mass is 14.5. The van der Waals surface area contributed by atoms with Crippen LogP contribution in [0.15, 0.2) is 193 Å². The van der Waals surface area contributed by atoms with Crippen molar-refractivity contribution in [3.63, 3.8) is 0 Å². The Labute approximate surface area is 402 Å². The highest BCUT2D eigenvalue weighted by molar-refractivity contribution is 5.86. The van der Waals surface area contributed by atoms with Crippen LogP contribution in [0.4, 0.5) is 0 Å². The largest absolute Gasteiger partial charge is 0.0807 e. The fourth-order valence-electron chi connectivity index (χ4n) is 11.4. The predicted molar refractivity (Wildman–Crippen MR) is 290 cm³/mol. The first kappa shape index (κ1) is 45.6. The van der Waals surface area contributed by atoms with E-state index in [2.05, 4.69) is 244 Å². The van der Waals surface area contributed by atoms with Crippen molar-refractivity contribution in [2.24, 2.45) is 0 Å². The van der Waals surface area contributed by atoms with E-state index >= 15 is 0 Å².